The molecule has 2 heterocycles. The van der Waals surface area contributed by atoms with Crippen molar-refractivity contribution in [1.82, 2.24) is 14.4 Å². The molecule has 0 N–H and O–H groups in total. The summed E-state index contributed by atoms with van der Waals surface area (Å²) in [4.78, 5) is 18.1. The number of hydrogen-bond acceptors (Lipinski definition) is 2. The van der Waals surface area contributed by atoms with E-state index in [0.29, 0.717) is 11.4 Å². The third-order valence-corrected chi connectivity index (χ3v) is 7.37. The van der Waals surface area contributed by atoms with Crippen LogP contribution in [0.1, 0.15) is 36.0 Å². The van der Waals surface area contributed by atoms with Crippen LogP contribution in [0.15, 0.2) is 85.1 Å². The van der Waals surface area contributed by atoms with Gasteiger partial charge in [-0.2, -0.15) is 0 Å². The molecule has 1 aliphatic heterocycles. The zero-order valence-corrected chi connectivity index (χ0v) is 21.0. The Morgan fingerprint density at radius 2 is 1.66 bits per heavy atom. The molecule has 35 heavy (non-hydrogen) atoms. The molecule has 0 saturated carbocycles. The van der Waals surface area contributed by atoms with Crippen LogP contribution in [0.5, 0.6) is 0 Å². The van der Waals surface area contributed by atoms with Crippen molar-refractivity contribution >= 4 is 28.4 Å². The van der Waals surface area contributed by atoms with Gasteiger partial charge in [0.1, 0.15) is 0 Å². The monoisotopic (exact) mass is 485 g/mol. The average molecular weight is 486 g/mol. The maximum Gasteiger partial charge on any atom is 0.223 e. The number of hydrogen-bond donors (Lipinski definition) is 0. The first-order chi connectivity index (χ1) is 17.1. The van der Waals surface area contributed by atoms with Gasteiger partial charge in [-0.05, 0) is 41.8 Å². The zero-order chi connectivity index (χ0) is 24.2. The highest BCUT2D eigenvalue weighted by molar-refractivity contribution is 6.30. The fraction of sp³-hybridized carbons (Fsp3) is 0.300. The van der Waals surface area contributed by atoms with Crippen LogP contribution in [-0.4, -0.2) is 46.5 Å². The number of nitrogens with zero attached hydrogens (tertiary/aromatic N) is 3. The van der Waals surface area contributed by atoms with Crippen molar-refractivity contribution in [3.8, 4) is 0 Å². The van der Waals surface area contributed by atoms with Gasteiger partial charge in [-0.25, -0.2) is 0 Å². The normalized spacial score (nSPS) is 15.4. The van der Waals surface area contributed by atoms with E-state index in [9.17, 15) is 4.79 Å². The number of halogens is 1. The smallest absolute Gasteiger partial charge is 0.223 e. The zero-order valence-electron chi connectivity index (χ0n) is 20.2. The summed E-state index contributed by atoms with van der Waals surface area (Å²) in [6.45, 7) is 7.32. The van der Waals surface area contributed by atoms with E-state index in [2.05, 4.69) is 77.2 Å². The fourth-order valence-electron chi connectivity index (χ4n) is 5.25. The molecule has 1 atom stereocenters. The Morgan fingerprint density at radius 3 is 2.40 bits per heavy atom. The van der Waals surface area contributed by atoms with Gasteiger partial charge in [0.15, 0.2) is 0 Å². The molecular formula is C30H32ClN3O. The highest BCUT2D eigenvalue weighted by Gasteiger charge is 2.27. The number of aromatic nitrogens is 1. The molecule has 0 radical (unpaired) electrons. The molecule has 1 unspecified atom stereocenters. The number of piperazine rings is 1. The quantitative estimate of drug-likeness (QED) is 0.312. The van der Waals surface area contributed by atoms with Crippen LogP contribution < -0.4 is 0 Å². The summed E-state index contributed by atoms with van der Waals surface area (Å²) in [5.74, 6) is 0.170. The Morgan fingerprint density at radius 1 is 0.914 bits per heavy atom. The van der Waals surface area contributed by atoms with Crippen molar-refractivity contribution < 1.29 is 4.79 Å². The maximum atomic E-state index is 13.6. The summed E-state index contributed by atoms with van der Waals surface area (Å²) in [6.07, 6.45) is 2.66. The standard InChI is InChI=1S/C30H32ClN3O/c1-2-33-22-28(26-13-6-7-14-29(26)33)27(24-11-8-12-25(31)19-24)20-30(35)34-17-15-32(16-18-34)21-23-9-4-3-5-10-23/h3-14,19,22,27H,2,15-18,20-21H2,1H3. The first-order valence-electron chi connectivity index (χ1n) is 12.5. The molecule has 4 nitrogen and oxygen atoms in total. The summed E-state index contributed by atoms with van der Waals surface area (Å²) in [5, 5.41) is 1.91. The van der Waals surface area contributed by atoms with Crippen LogP contribution in [0.2, 0.25) is 5.02 Å². The summed E-state index contributed by atoms with van der Waals surface area (Å²) < 4.78 is 2.27. The van der Waals surface area contributed by atoms with Gasteiger partial charge in [0.05, 0.1) is 0 Å². The highest BCUT2D eigenvalue weighted by atomic mass is 35.5. The number of rotatable bonds is 7. The van der Waals surface area contributed by atoms with E-state index in [-0.39, 0.29) is 11.8 Å². The molecule has 1 saturated heterocycles. The van der Waals surface area contributed by atoms with Crippen LogP contribution in [0.3, 0.4) is 0 Å². The molecule has 0 bridgehead atoms. The van der Waals surface area contributed by atoms with E-state index >= 15 is 0 Å². The number of fused-ring (bicyclic) bond motifs is 1. The van der Waals surface area contributed by atoms with Gasteiger partial charge >= 0.3 is 0 Å². The van der Waals surface area contributed by atoms with Crippen molar-refractivity contribution in [3.05, 3.63) is 107 Å². The topological polar surface area (TPSA) is 28.5 Å². The van der Waals surface area contributed by atoms with Crippen LogP contribution in [0.4, 0.5) is 0 Å². The third kappa shape index (κ3) is 5.29. The lowest BCUT2D eigenvalue weighted by Gasteiger charge is -2.35. The van der Waals surface area contributed by atoms with Crippen molar-refractivity contribution in [1.29, 1.82) is 0 Å². The van der Waals surface area contributed by atoms with E-state index in [1.54, 1.807) is 0 Å². The van der Waals surface area contributed by atoms with Gasteiger partial charge < -0.3 is 9.47 Å². The predicted octanol–water partition coefficient (Wildman–Crippen LogP) is 6.18. The SMILES string of the molecule is CCn1cc(C(CC(=O)N2CCN(Cc3ccccc3)CC2)c2cccc(Cl)c2)c2ccccc21. The molecule has 0 aliphatic carbocycles. The molecule has 1 aromatic heterocycles. The minimum absolute atomic E-state index is 0.0405. The number of amides is 1. The number of carbonyl (C=O) groups is 1. The van der Waals surface area contributed by atoms with E-state index < -0.39 is 0 Å². The van der Waals surface area contributed by atoms with Crippen molar-refractivity contribution in [2.75, 3.05) is 26.2 Å². The Labute approximate surface area is 212 Å². The second kappa shape index (κ2) is 10.7. The molecular weight excluding hydrogens is 454 g/mol. The second-order valence-electron chi connectivity index (χ2n) is 9.34. The molecule has 0 spiro atoms. The average Bonchev–Trinajstić information content (AvgIpc) is 3.27. The third-order valence-electron chi connectivity index (χ3n) is 7.14. The molecule has 5 heteroatoms. The first-order valence-corrected chi connectivity index (χ1v) is 12.9. The van der Waals surface area contributed by atoms with E-state index in [0.717, 1.165) is 44.8 Å². The molecule has 5 rings (SSSR count). The maximum absolute atomic E-state index is 13.6. The van der Waals surface area contributed by atoms with Crippen molar-refractivity contribution in [2.45, 2.75) is 32.4 Å². The van der Waals surface area contributed by atoms with Crippen LogP contribution in [0.25, 0.3) is 10.9 Å². The molecule has 4 aromatic rings. The lowest BCUT2D eigenvalue weighted by Crippen LogP contribution is -2.48. The summed E-state index contributed by atoms with van der Waals surface area (Å²) in [7, 11) is 0. The molecule has 1 amide bonds. The van der Waals surface area contributed by atoms with Crippen LogP contribution >= 0.6 is 11.6 Å². The van der Waals surface area contributed by atoms with Gasteiger partial charge in [-0.3, -0.25) is 9.69 Å². The molecule has 180 valence electrons. The summed E-state index contributed by atoms with van der Waals surface area (Å²) >= 11 is 6.39. The van der Waals surface area contributed by atoms with Gasteiger partial charge in [-0.1, -0.05) is 72.3 Å². The van der Waals surface area contributed by atoms with E-state index in [1.807, 2.05) is 29.2 Å². The Balaban J connectivity index is 1.36. The second-order valence-corrected chi connectivity index (χ2v) is 9.78. The minimum atomic E-state index is -0.0405. The largest absolute Gasteiger partial charge is 0.347 e. The predicted molar refractivity (Wildman–Crippen MR) is 144 cm³/mol. The summed E-state index contributed by atoms with van der Waals surface area (Å²) in [5.41, 5.74) is 4.81. The van der Waals surface area contributed by atoms with Crippen LogP contribution in [-0.2, 0) is 17.9 Å². The van der Waals surface area contributed by atoms with Gasteiger partial charge in [0.2, 0.25) is 5.91 Å². The minimum Gasteiger partial charge on any atom is -0.347 e. The molecule has 3 aromatic carbocycles. The first kappa shape index (κ1) is 23.7. The van der Waals surface area contributed by atoms with Gasteiger partial charge in [0, 0.05) is 73.7 Å². The van der Waals surface area contributed by atoms with Gasteiger partial charge in [0.25, 0.3) is 0 Å². The number of para-hydroxylation sites is 1. The number of carbonyl (C=O) groups excluding carboxylic acids is 1. The number of benzene rings is 3. The number of aryl methyl sites for hydroxylation is 1. The Bertz CT molecular complexity index is 1290. The lowest BCUT2D eigenvalue weighted by molar-refractivity contribution is -0.133. The Kier molecular flexibility index (Phi) is 7.21. The van der Waals surface area contributed by atoms with Crippen molar-refractivity contribution in [2.24, 2.45) is 0 Å². The van der Waals surface area contributed by atoms with E-state index in [4.69, 9.17) is 11.6 Å². The molecule has 1 fully saturated rings. The lowest BCUT2D eigenvalue weighted by atomic mass is 9.87. The highest BCUT2D eigenvalue weighted by Crippen LogP contribution is 2.36. The molecule has 1 aliphatic rings. The van der Waals surface area contributed by atoms with Gasteiger partial charge in [-0.15, -0.1) is 0 Å². The van der Waals surface area contributed by atoms with Crippen molar-refractivity contribution in [3.63, 3.8) is 0 Å². The Hall–Kier alpha value is -3.08. The van der Waals surface area contributed by atoms with E-state index in [1.165, 1.54) is 22.0 Å². The fourth-order valence-corrected chi connectivity index (χ4v) is 5.44. The summed E-state index contributed by atoms with van der Waals surface area (Å²) in [6, 6.07) is 27.0. The van der Waals surface area contributed by atoms with Crippen LogP contribution in [0, 0.1) is 0 Å².